The van der Waals surface area contributed by atoms with Gasteiger partial charge < -0.3 is 9.64 Å². The van der Waals surface area contributed by atoms with Gasteiger partial charge in [0.25, 0.3) is 0 Å². The van der Waals surface area contributed by atoms with Gasteiger partial charge in [-0.2, -0.15) is 0 Å². The van der Waals surface area contributed by atoms with E-state index in [1.54, 1.807) is 12.1 Å². The quantitative estimate of drug-likeness (QED) is 0.542. The molecule has 5 heteroatoms. The summed E-state index contributed by atoms with van der Waals surface area (Å²) in [4.78, 5) is 17.9. The van der Waals surface area contributed by atoms with Crippen LogP contribution in [0, 0.1) is 5.82 Å². The number of carbonyl (C=O) groups excluding carboxylic acids is 1. The van der Waals surface area contributed by atoms with Crippen molar-refractivity contribution < 1.29 is 13.9 Å². The molecule has 0 spiro atoms. The molecular weight excluding hydrogens is 427 g/mol. The number of aryl methyl sites for hydroxylation is 1. The maximum Gasteiger partial charge on any atom is 0.227 e. The number of halogens is 1. The molecule has 0 radical (unpaired) electrons. The SMILES string of the molecule is O=C(Cc1ccc(Oc2ccc(F)cc2)cc1)N1CC2CC1CN2C1CCc2ccccc2C1. The molecule has 4 nitrogen and oxygen atoms in total. The minimum absolute atomic E-state index is 0.216. The zero-order chi connectivity index (χ0) is 23.1. The molecule has 174 valence electrons. The van der Waals surface area contributed by atoms with Crippen molar-refractivity contribution in [3.05, 3.63) is 95.3 Å². The Morgan fingerprint density at radius 2 is 1.56 bits per heavy atom. The van der Waals surface area contributed by atoms with Crippen molar-refractivity contribution >= 4 is 5.91 Å². The lowest BCUT2D eigenvalue weighted by atomic mass is 9.87. The van der Waals surface area contributed by atoms with E-state index in [0.717, 1.165) is 37.9 Å². The largest absolute Gasteiger partial charge is 0.457 e. The van der Waals surface area contributed by atoms with E-state index in [9.17, 15) is 9.18 Å². The van der Waals surface area contributed by atoms with E-state index in [1.165, 1.54) is 29.7 Å². The van der Waals surface area contributed by atoms with Crippen LogP contribution in [0.15, 0.2) is 72.8 Å². The third-order valence-electron chi connectivity index (χ3n) is 7.72. The van der Waals surface area contributed by atoms with Gasteiger partial charge in [0.05, 0.1) is 6.42 Å². The topological polar surface area (TPSA) is 32.8 Å². The van der Waals surface area contributed by atoms with Gasteiger partial charge in [-0.15, -0.1) is 0 Å². The van der Waals surface area contributed by atoms with Gasteiger partial charge >= 0.3 is 0 Å². The predicted octanol–water partition coefficient (Wildman–Crippen LogP) is 5.00. The fraction of sp³-hybridized carbons (Fsp3) is 0.345. The number of benzene rings is 3. The van der Waals surface area contributed by atoms with E-state index in [1.807, 2.05) is 24.3 Å². The van der Waals surface area contributed by atoms with Crippen molar-refractivity contribution in [2.45, 2.75) is 50.2 Å². The van der Waals surface area contributed by atoms with Gasteiger partial charge in [-0.1, -0.05) is 36.4 Å². The maximum absolute atomic E-state index is 13.1. The molecule has 2 fully saturated rings. The average Bonchev–Trinajstić information content (AvgIpc) is 3.48. The molecule has 1 aliphatic carbocycles. The summed E-state index contributed by atoms with van der Waals surface area (Å²) in [5.74, 6) is 1.19. The molecular formula is C29H29FN2O2. The summed E-state index contributed by atoms with van der Waals surface area (Å²) in [6.07, 6.45) is 5.05. The van der Waals surface area contributed by atoms with Gasteiger partial charge in [-0.05, 0) is 78.8 Å². The van der Waals surface area contributed by atoms with Crippen LogP contribution in [0.5, 0.6) is 11.5 Å². The number of ether oxygens (including phenoxy) is 1. The Kier molecular flexibility index (Phi) is 5.58. The monoisotopic (exact) mass is 456 g/mol. The minimum Gasteiger partial charge on any atom is -0.457 e. The number of rotatable bonds is 5. The van der Waals surface area contributed by atoms with Gasteiger partial charge in [0.1, 0.15) is 17.3 Å². The molecule has 2 heterocycles. The van der Waals surface area contributed by atoms with Crippen LogP contribution in [-0.2, 0) is 24.1 Å². The van der Waals surface area contributed by atoms with E-state index in [4.69, 9.17) is 4.74 Å². The molecule has 2 aliphatic heterocycles. The molecule has 0 N–H and O–H groups in total. The van der Waals surface area contributed by atoms with Crippen LogP contribution in [0.3, 0.4) is 0 Å². The van der Waals surface area contributed by atoms with E-state index in [0.29, 0.717) is 36.0 Å². The second kappa shape index (κ2) is 8.88. The first kappa shape index (κ1) is 21.4. The Hall–Kier alpha value is -3.18. The number of hydrogen-bond acceptors (Lipinski definition) is 3. The first-order chi connectivity index (χ1) is 16.6. The number of amides is 1. The Morgan fingerprint density at radius 1 is 0.853 bits per heavy atom. The first-order valence-corrected chi connectivity index (χ1v) is 12.3. The number of likely N-dealkylation sites (tertiary alicyclic amines) is 2. The fourth-order valence-corrected chi connectivity index (χ4v) is 6.00. The van der Waals surface area contributed by atoms with Gasteiger partial charge in [-0.25, -0.2) is 4.39 Å². The summed E-state index contributed by atoms with van der Waals surface area (Å²) in [6.45, 7) is 1.86. The molecule has 1 amide bonds. The molecule has 6 rings (SSSR count). The Morgan fingerprint density at radius 3 is 2.26 bits per heavy atom. The second-order valence-corrected chi connectivity index (χ2v) is 9.83. The summed E-state index contributed by atoms with van der Waals surface area (Å²) in [5, 5.41) is 0. The van der Waals surface area contributed by atoms with Crippen molar-refractivity contribution in [1.29, 1.82) is 0 Å². The number of carbonyl (C=O) groups is 1. The smallest absolute Gasteiger partial charge is 0.227 e. The standard InChI is InChI=1S/C29H29FN2O2/c30-23-8-13-28(14-9-23)34-27-11-5-20(6-12-27)15-29(33)32-19-25-17-26(32)18-31(25)24-10-7-21-3-1-2-4-22(21)16-24/h1-6,8-9,11-14,24-26H,7,10,15-19H2. The first-order valence-electron chi connectivity index (χ1n) is 12.3. The number of hydrogen-bond donors (Lipinski definition) is 0. The van der Waals surface area contributed by atoms with Gasteiger partial charge in [-0.3, -0.25) is 9.69 Å². The molecule has 2 saturated heterocycles. The van der Waals surface area contributed by atoms with Crippen molar-refractivity contribution in [3.8, 4) is 11.5 Å². The predicted molar refractivity (Wildman–Crippen MR) is 129 cm³/mol. The Labute approximate surface area is 200 Å². The summed E-state index contributed by atoms with van der Waals surface area (Å²) in [6, 6.07) is 23.9. The van der Waals surface area contributed by atoms with Gasteiger partial charge in [0, 0.05) is 31.2 Å². The second-order valence-electron chi connectivity index (χ2n) is 9.83. The lowest BCUT2D eigenvalue weighted by molar-refractivity contribution is -0.133. The van der Waals surface area contributed by atoms with Gasteiger partial charge in [0.2, 0.25) is 5.91 Å². The van der Waals surface area contributed by atoms with Crippen LogP contribution < -0.4 is 4.74 Å². The molecule has 0 saturated carbocycles. The van der Waals surface area contributed by atoms with Crippen LogP contribution in [0.25, 0.3) is 0 Å². The minimum atomic E-state index is -0.288. The highest BCUT2D eigenvalue weighted by atomic mass is 19.1. The lowest BCUT2D eigenvalue weighted by Gasteiger charge is -2.41. The van der Waals surface area contributed by atoms with E-state index >= 15 is 0 Å². The van der Waals surface area contributed by atoms with Crippen LogP contribution >= 0.6 is 0 Å². The normalized spacial score (nSPS) is 23.7. The van der Waals surface area contributed by atoms with Crippen molar-refractivity contribution in [3.63, 3.8) is 0 Å². The molecule has 3 atom stereocenters. The van der Waals surface area contributed by atoms with E-state index < -0.39 is 0 Å². The number of nitrogens with zero attached hydrogens (tertiary/aromatic N) is 2. The third-order valence-corrected chi connectivity index (χ3v) is 7.72. The Balaban J connectivity index is 1.04. The zero-order valence-corrected chi connectivity index (χ0v) is 19.2. The fourth-order valence-electron chi connectivity index (χ4n) is 6.00. The van der Waals surface area contributed by atoms with E-state index in [-0.39, 0.29) is 11.7 Å². The molecule has 0 aromatic heterocycles. The molecule has 3 unspecified atom stereocenters. The third kappa shape index (κ3) is 4.21. The molecule has 2 bridgehead atoms. The molecule has 3 aliphatic rings. The van der Waals surface area contributed by atoms with Gasteiger partial charge in [0.15, 0.2) is 0 Å². The van der Waals surface area contributed by atoms with Crippen LogP contribution in [-0.4, -0.2) is 46.9 Å². The molecule has 3 aromatic rings. The Bertz CT molecular complexity index is 1180. The maximum atomic E-state index is 13.1. The van der Waals surface area contributed by atoms with Crippen LogP contribution in [0.4, 0.5) is 4.39 Å². The number of piperazine rings is 1. The van der Waals surface area contributed by atoms with Crippen molar-refractivity contribution in [1.82, 2.24) is 9.80 Å². The van der Waals surface area contributed by atoms with Crippen LogP contribution in [0.2, 0.25) is 0 Å². The molecule has 34 heavy (non-hydrogen) atoms. The van der Waals surface area contributed by atoms with Crippen molar-refractivity contribution in [2.24, 2.45) is 0 Å². The van der Waals surface area contributed by atoms with Crippen molar-refractivity contribution in [2.75, 3.05) is 13.1 Å². The number of fused-ring (bicyclic) bond motifs is 3. The summed E-state index contributed by atoms with van der Waals surface area (Å²) >= 11 is 0. The highest BCUT2D eigenvalue weighted by molar-refractivity contribution is 5.79. The lowest BCUT2D eigenvalue weighted by Crippen LogP contribution is -2.53. The zero-order valence-electron chi connectivity index (χ0n) is 19.2. The highest BCUT2D eigenvalue weighted by Crippen LogP contribution is 2.36. The van der Waals surface area contributed by atoms with E-state index in [2.05, 4.69) is 34.1 Å². The molecule has 3 aromatic carbocycles. The summed E-state index contributed by atoms with van der Waals surface area (Å²) in [7, 11) is 0. The summed E-state index contributed by atoms with van der Waals surface area (Å²) < 4.78 is 18.8. The average molecular weight is 457 g/mol. The highest BCUT2D eigenvalue weighted by Gasteiger charge is 2.47. The summed E-state index contributed by atoms with van der Waals surface area (Å²) in [5.41, 5.74) is 4.00. The van der Waals surface area contributed by atoms with Crippen LogP contribution in [0.1, 0.15) is 29.5 Å².